The predicted octanol–water partition coefficient (Wildman–Crippen LogP) is 6.28. The zero-order valence-corrected chi connectivity index (χ0v) is 11.9. The Labute approximate surface area is 128 Å². The summed E-state index contributed by atoms with van der Waals surface area (Å²) in [5.41, 5.74) is 0. The van der Waals surface area contributed by atoms with Crippen molar-refractivity contribution in [1.82, 2.24) is 0 Å². The number of hydrogen-bond donors (Lipinski definition) is 0. The third kappa shape index (κ3) is 3.74. The summed E-state index contributed by atoms with van der Waals surface area (Å²) in [5.74, 6) is -29.8. The molecule has 0 aliphatic rings. The number of halogens is 12. The van der Waals surface area contributed by atoms with Gasteiger partial charge in [-0.25, -0.2) is 4.39 Å². The van der Waals surface area contributed by atoms with E-state index in [-0.39, 0.29) is 12.3 Å². The molecule has 0 spiro atoms. The molecule has 0 aromatic heterocycles. The summed E-state index contributed by atoms with van der Waals surface area (Å²) < 4.78 is 129. The van der Waals surface area contributed by atoms with Gasteiger partial charge in [-0.3, -0.25) is 0 Å². The summed E-state index contributed by atoms with van der Waals surface area (Å²) >= 11 is 9.13. The molecule has 0 aliphatic carbocycles. The van der Waals surface area contributed by atoms with Crippen LogP contribution in [0.5, 0.6) is 0 Å². The van der Waals surface area contributed by atoms with E-state index < -0.39 is 47.6 Å². The van der Waals surface area contributed by atoms with Gasteiger partial charge in [-0.1, -0.05) is 0 Å². The molecule has 22 heavy (non-hydrogen) atoms. The zero-order valence-electron chi connectivity index (χ0n) is 10.4. The SMILES string of the molecule is FC(Cl)=C(F)C(F)(F)C(F)(F)C(F)(F)C(F)(F)CCCCCl. The van der Waals surface area contributed by atoms with Crippen molar-refractivity contribution in [3.63, 3.8) is 0 Å². The van der Waals surface area contributed by atoms with Crippen LogP contribution in [0.15, 0.2) is 11.1 Å². The molecule has 0 aromatic carbocycles. The van der Waals surface area contributed by atoms with E-state index in [0.29, 0.717) is 0 Å². The summed E-state index contributed by atoms with van der Waals surface area (Å²) in [6.07, 6.45) is -2.97. The van der Waals surface area contributed by atoms with Gasteiger partial charge in [0.15, 0.2) is 0 Å². The third-order valence-corrected chi connectivity index (χ3v) is 3.00. The minimum absolute atomic E-state index is 0.261. The number of allylic oxidation sites excluding steroid dienone is 1. The molecule has 132 valence electrons. The lowest BCUT2D eigenvalue weighted by Crippen LogP contribution is -2.62. The Kier molecular flexibility index (Phi) is 6.90. The van der Waals surface area contributed by atoms with Crippen LogP contribution in [0.2, 0.25) is 0 Å². The van der Waals surface area contributed by atoms with Gasteiger partial charge < -0.3 is 0 Å². The number of alkyl halides is 9. The molecular weight excluding hydrogens is 381 g/mol. The maximum atomic E-state index is 13.2. The highest BCUT2D eigenvalue weighted by Crippen LogP contribution is 2.56. The van der Waals surface area contributed by atoms with Crippen LogP contribution in [0.1, 0.15) is 19.3 Å². The Morgan fingerprint density at radius 2 is 1.23 bits per heavy atom. The van der Waals surface area contributed by atoms with Crippen molar-refractivity contribution in [2.45, 2.75) is 43.0 Å². The molecule has 12 heteroatoms. The molecule has 0 rings (SSSR count). The van der Waals surface area contributed by atoms with E-state index >= 15 is 0 Å². The predicted molar refractivity (Wildman–Crippen MR) is 59.5 cm³/mol. The summed E-state index contributed by atoms with van der Waals surface area (Å²) in [5, 5.41) is -3.05. The van der Waals surface area contributed by atoms with Crippen LogP contribution < -0.4 is 0 Å². The topological polar surface area (TPSA) is 0 Å². The largest absolute Gasteiger partial charge is 0.385 e. The van der Waals surface area contributed by atoms with E-state index in [1.807, 2.05) is 0 Å². The van der Waals surface area contributed by atoms with Gasteiger partial charge in [-0.2, -0.15) is 39.5 Å². The van der Waals surface area contributed by atoms with Crippen LogP contribution in [-0.4, -0.2) is 29.6 Å². The molecular formula is C10H8Cl2F10. The minimum Gasteiger partial charge on any atom is -0.201 e. The second kappa shape index (κ2) is 7.02. The molecule has 0 saturated heterocycles. The lowest BCUT2D eigenvalue weighted by atomic mass is 9.94. The fourth-order valence-electron chi connectivity index (χ4n) is 1.28. The Hall–Kier alpha value is -0.380. The number of unbranched alkanes of at least 4 members (excludes halogenated alkanes) is 1. The molecule has 0 heterocycles. The molecule has 0 aromatic rings. The first-order valence-corrected chi connectivity index (χ1v) is 6.36. The van der Waals surface area contributed by atoms with Gasteiger partial charge in [-0.05, 0) is 24.4 Å². The van der Waals surface area contributed by atoms with E-state index in [4.69, 9.17) is 11.6 Å². The zero-order chi connectivity index (χ0) is 18.0. The summed E-state index contributed by atoms with van der Waals surface area (Å²) in [7, 11) is 0. The molecule has 0 nitrogen and oxygen atoms in total. The van der Waals surface area contributed by atoms with Gasteiger partial charge in [0, 0.05) is 12.3 Å². The van der Waals surface area contributed by atoms with Gasteiger partial charge in [0.25, 0.3) is 0 Å². The van der Waals surface area contributed by atoms with Gasteiger partial charge >= 0.3 is 23.7 Å². The van der Waals surface area contributed by atoms with Crippen LogP contribution in [-0.2, 0) is 0 Å². The highest BCUT2D eigenvalue weighted by Gasteiger charge is 2.81. The lowest BCUT2D eigenvalue weighted by molar-refractivity contribution is -0.361. The summed E-state index contributed by atoms with van der Waals surface area (Å²) in [4.78, 5) is 0. The van der Waals surface area contributed by atoms with Gasteiger partial charge in [0.1, 0.15) is 0 Å². The molecule has 0 aliphatic heterocycles. The minimum atomic E-state index is -6.93. The molecule has 0 fully saturated rings. The molecule has 0 bridgehead atoms. The monoisotopic (exact) mass is 388 g/mol. The van der Waals surface area contributed by atoms with Gasteiger partial charge in [0.05, 0.1) is 0 Å². The van der Waals surface area contributed by atoms with Crippen LogP contribution in [0, 0.1) is 0 Å². The second-order valence-corrected chi connectivity index (χ2v) is 4.86. The third-order valence-electron chi connectivity index (χ3n) is 2.56. The molecule has 0 radical (unpaired) electrons. The maximum absolute atomic E-state index is 13.2. The maximum Gasteiger partial charge on any atom is 0.385 e. The van der Waals surface area contributed by atoms with Crippen LogP contribution in [0.3, 0.4) is 0 Å². The fourth-order valence-corrected chi connectivity index (χ4v) is 1.59. The highest BCUT2D eigenvalue weighted by atomic mass is 35.5. The first-order chi connectivity index (χ1) is 9.66. The van der Waals surface area contributed by atoms with Crippen LogP contribution >= 0.6 is 23.2 Å². The van der Waals surface area contributed by atoms with Crippen molar-refractivity contribution in [3.8, 4) is 0 Å². The van der Waals surface area contributed by atoms with Crippen molar-refractivity contribution in [2.75, 3.05) is 5.88 Å². The van der Waals surface area contributed by atoms with Crippen LogP contribution in [0.25, 0.3) is 0 Å². The Balaban J connectivity index is 5.70. The van der Waals surface area contributed by atoms with Crippen molar-refractivity contribution >= 4 is 23.2 Å². The number of rotatable bonds is 8. The normalized spacial score (nSPS) is 15.8. The smallest absolute Gasteiger partial charge is 0.201 e. The average molecular weight is 389 g/mol. The van der Waals surface area contributed by atoms with E-state index in [9.17, 15) is 43.9 Å². The fraction of sp³-hybridized carbons (Fsp3) is 0.800. The first kappa shape index (κ1) is 21.6. The summed E-state index contributed by atoms with van der Waals surface area (Å²) in [6.45, 7) is 0. The van der Waals surface area contributed by atoms with Gasteiger partial charge in [0.2, 0.25) is 11.1 Å². The molecule has 0 atom stereocenters. The molecule has 0 N–H and O–H groups in total. The van der Waals surface area contributed by atoms with E-state index in [1.54, 1.807) is 0 Å². The summed E-state index contributed by atoms with van der Waals surface area (Å²) in [6, 6.07) is 0. The lowest BCUT2D eigenvalue weighted by Gasteiger charge is -2.36. The van der Waals surface area contributed by atoms with Crippen molar-refractivity contribution in [2.24, 2.45) is 0 Å². The first-order valence-electron chi connectivity index (χ1n) is 5.45. The molecule has 0 amide bonds. The standard InChI is InChI=1S/C10H8Cl2F10/c11-4-2-1-3-7(15,16)9(19,20)10(21,22)8(17,18)5(13)6(12)14/h1-4H2. The van der Waals surface area contributed by atoms with Crippen molar-refractivity contribution in [1.29, 1.82) is 0 Å². The van der Waals surface area contributed by atoms with E-state index in [2.05, 4.69) is 11.6 Å². The molecule has 0 saturated carbocycles. The molecule has 0 unspecified atom stereocenters. The Morgan fingerprint density at radius 1 is 0.773 bits per heavy atom. The van der Waals surface area contributed by atoms with Crippen molar-refractivity contribution in [3.05, 3.63) is 11.1 Å². The number of hydrogen-bond acceptors (Lipinski definition) is 0. The average Bonchev–Trinajstić information content (AvgIpc) is 2.36. The van der Waals surface area contributed by atoms with Crippen LogP contribution in [0.4, 0.5) is 43.9 Å². The Morgan fingerprint density at radius 3 is 1.59 bits per heavy atom. The second-order valence-electron chi connectivity index (χ2n) is 4.15. The highest BCUT2D eigenvalue weighted by molar-refractivity contribution is 6.28. The quantitative estimate of drug-likeness (QED) is 0.260. The Bertz CT molecular complexity index is 414. The van der Waals surface area contributed by atoms with E-state index in [0.717, 1.165) is 0 Å². The van der Waals surface area contributed by atoms with Gasteiger partial charge in [-0.15, -0.1) is 11.6 Å². The van der Waals surface area contributed by atoms with E-state index in [1.165, 1.54) is 0 Å². The van der Waals surface area contributed by atoms with Crippen molar-refractivity contribution < 1.29 is 43.9 Å².